The van der Waals surface area contributed by atoms with Gasteiger partial charge in [0.2, 0.25) is 0 Å². The van der Waals surface area contributed by atoms with Crippen molar-refractivity contribution < 1.29 is 5.11 Å². The number of aliphatic hydroxyl groups is 1. The van der Waals surface area contributed by atoms with E-state index >= 15 is 0 Å². The maximum Gasteiger partial charge on any atom is 0.0580 e. The van der Waals surface area contributed by atoms with Crippen molar-refractivity contribution in [3.8, 4) is 0 Å². The van der Waals surface area contributed by atoms with Crippen LogP contribution >= 0.6 is 11.6 Å². The minimum absolute atomic E-state index is 0.122. The average molecular weight is 282 g/mol. The predicted octanol–water partition coefficient (Wildman–Crippen LogP) is 3.88. The van der Waals surface area contributed by atoms with E-state index in [2.05, 4.69) is 24.9 Å². The molecule has 0 amide bonds. The number of hydrogen-bond donors (Lipinski definition) is 1. The monoisotopic (exact) mass is 281 g/mol. The smallest absolute Gasteiger partial charge is 0.0580 e. The molecule has 1 fully saturated rings. The van der Waals surface area contributed by atoms with Gasteiger partial charge in [0.05, 0.1) is 6.10 Å². The average Bonchev–Trinajstić information content (AvgIpc) is 2.40. The van der Waals surface area contributed by atoms with E-state index in [0.717, 1.165) is 24.4 Å². The van der Waals surface area contributed by atoms with E-state index in [0.29, 0.717) is 12.0 Å². The number of aliphatic hydroxyl groups excluding tert-OH is 1. The largest absolute Gasteiger partial charge is 0.393 e. The van der Waals surface area contributed by atoms with Crippen LogP contribution in [0.25, 0.3) is 0 Å². The van der Waals surface area contributed by atoms with E-state index in [9.17, 15) is 5.11 Å². The fourth-order valence-corrected chi connectivity index (χ4v) is 3.15. The third-order valence-corrected chi connectivity index (χ3v) is 4.62. The molecule has 1 aliphatic carbocycles. The Balaban J connectivity index is 1.97. The Morgan fingerprint density at radius 2 is 2.11 bits per heavy atom. The van der Waals surface area contributed by atoms with Gasteiger partial charge in [0.25, 0.3) is 0 Å². The van der Waals surface area contributed by atoms with Crippen LogP contribution in [-0.2, 0) is 0 Å². The van der Waals surface area contributed by atoms with Crippen LogP contribution in [0.5, 0.6) is 0 Å². The molecule has 0 bridgehead atoms. The van der Waals surface area contributed by atoms with Gasteiger partial charge in [-0.1, -0.05) is 36.6 Å². The Bertz CT molecular complexity index is 409. The molecule has 1 aromatic carbocycles. The second-order valence-corrected chi connectivity index (χ2v) is 6.22. The van der Waals surface area contributed by atoms with Crippen molar-refractivity contribution in [2.24, 2.45) is 5.92 Å². The van der Waals surface area contributed by atoms with Gasteiger partial charge in [-0.2, -0.15) is 0 Å². The Hall–Kier alpha value is -0.570. The summed E-state index contributed by atoms with van der Waals surface area (Å²) in [5.74, 6) is 0.417. The van der Waals surface area contributed by atoms with Gasteiger partial charge in [0.1, 0.15) is 0 Å². The molecule has 0 spiro atoms. The molecule has 1 N–H and O–H groups in total. The molecule has 19 heavy (non-hydrogen) atoms. The maximum atomic E-state index is 10.1. The van der Waals surface area contributed by atoms with Crippen LogP contribution in [0.2, 0.25) is 5.02 Å². The van der Waals surface area contributed by atoms with Crippen molar-refractivity contribution in [3.05, 3.63) is 34.9 Å². The van der Waals surface area contributed by atoms with Gasteiger partial charge in [-0.05, 0) is 50.4 Å². The second-order valence-electron chi connectivity index (χ2n) is 5.78. The van der Waals surface area contributed by atoms with Gasteiger partial charge >= 0.3 is 0 Å². The van der Waals surface area contributed by atoms with E-state index in [1.807, 2.05) is 18.2 Å². The molecule has 2 nitrogen and oxygen atoms in total. The molecule has 106 valence electrons. The summed E-state index contributed by atoms with van der Waals surface area (Å²) in [6.45, 7) is 3.15. The van der Waals surface area contributed by atoms with Gasteiger partial charge < -0.3 is 5.11 Å². The highest BCUT2D eigenvalue weighted by Gasteiger charge is 2.25. The van der Waals surface area contributed by atoms with Crippen molar-refractivity contribution in [1.29, 1.82) is 0 Å². The summed E-state index contributed by atoms with van der Waals surface area (Å²) < 4.78 is 0. The molecule has 0 radical (unpaired) electrons. The van der Waals surface area contributed by atoms with Crippen LogP contribution in [0.1, 0.15) is 44.2 Å². The Kier molecular flexibility index (Phi) is 5.26. The molecule has 3 atom stereocenters. The minimum atomic E-state index is -0.122. The minimum Gasteiger partial charge on any atom is -0.393 e. The van der Waals surface area contributed by atoms with Crippen LogP contribution in [0, 0.1) is 5.92 Å². The van der Waals surface area contributed by atoms with Crippen LogP contribution in [-0.4, -0.2) is 29.7 Å². The number of hydrogen-bond acceptors (Lipinski definition) is 2. The highest BCUT2D eigenvalue weighted by molar-refractivity contribution is 6.30. The van der Waals surface area contributed by atoms with E-state index in [4.69, 9.17) is 11.6 Å². The summed E-state index contributed by atoms with van der Waals surface area (Å²) >= 11 is 6.05. The molecule has 0 aliphatic heterocycles. The first-order chi connectivity index (χ1) is 9.08. The molecule has 1 saturated carbocycles. The third kappa shape index (κ3) is 3.95. The van der Waals surface area contributed by atoms with Crippen molar-refractivity contribution in [2.45, 2.75) is 44.8 Å². The van der Waals surface area contributed by atoms with E-state index in [-0.39, 0.29) is 6.10 Å². The highest BCUT2D eigenvalue weighted by atomic mass is 35.5. The first-order valence-corrected chi connectivity index (χ1v) is 7.59. The lowest BCUT2D eigenvalue weighted by molar-refractivity contribution is 0.0446. The zero-order chi connectivity index (χ0) is 13.8. The topological polar surface area (TPSA) is 23.5 Å². The fraction of sp³-hybridized carbons (Fsp3) is 0.625. The lowest BCUT2D eigenvalue weighted by Gasteiger charge is -2.34. The van der Waals surface area contributed by atoms with Crippen molar-refractivity contribution in [1.82, 2.24) is 4.90 Å². The van der Waals surface area contributed by atoms with Gasteiger partial charge in [0.15, 0.2) is 0 Å². The van der Waals surface area contributed by atoms with Crippen molar-refractivity contribution >= 4 is 11.6 Å². The van der Waals surface area contributed by atoms with Crippen LogP contribution in [0.4, 0.5) is 0 Å². The van der Waals surface area contributed by atoms with E-state index < -0.39 is 0 Å². The number of nitrogens with zero attached hydrogens (tertiary/aromatic N) is 1. The molecular weight excluding hydrogens is 258 g/mol. The van der Waals surface area contributed by atoms with Gasteiger partial charge in [-0.25, -0.2) is 0 Å². The Morgan fingerprint density at radius 1 is 1.37 bits per heavy atom. The Labute approximate surface area is 121 Å². The molecule has 1 aromatic rings. The second kappa shape index (κ2) is 6.74. The third-order valence-electron chi connectivity index (χ3n) is 4.38. The highest BCUT2D eigenvalue weighted by Crippen LogP contribution is 2.28. The molecule has 3 heteroatoms. The number of rotatable bonds is 4. The molecular formula is C16H24ClNO. The Morgan fingerprint density at radius 3 is 2.79 bits per heavy atom. The van der Waals surface area contributed by atoms with Crippen molar-refractivity contribution in [2.75, 3.05) is 13.6 Å². The van der Waals surface area contributed by atoms with Crippen LogP contribution < -0.4 is 0 Å². The standard InChI is InChI=1S/C16H24ClNO/c1-12(13-7-5-8-15(17)10-13)18(2)11-14-6-3-4-9-16(14)19/h5,7-8,10,12,14,16,19H,3-4,6,9,11H2,1-2H3. The summed E-state index contributed by atoms with van der Waals surface area (Å²) in [7, 11) is 2.13. The zero-order valence-electron chi connectivity index (χ0n) is 11.8. The van der Waals surface area contributed by atoms with E-state index in [1.54, 1.807) is 0 Å². The van der Waals surface area contributed by atoms with Gasteiger partial charge in [-0.15, -0.1) is 0 Å². The van der Waals surface area contributed by atoms with Crippen LogP contribution in [0.15, 0.2) is 24.3 Å². The molecule has 0 heterocycles. The lowest BCUT2D eigenvalue weighted by atomic mass is 9.86. The molecule has 0 saturated heterocycles. The summed E-state index contributed by atoms with van der Waals surface area (Å²) in [6.07, 6.45) is 4.41. The summed E-state index contributed by atoms with van der Waals surface area (Å²) in [6, 6.07) is 8.37. The summed E-state index contributed by atoms with van der Waals surface area (Å²) in [5.41, 5.74) is 1.24. The molecule has 1 aliphatic rings. The summed E-state index contributed by atoms with van der Waals surface area (Å²) in [4.78, 5) is 2.32. The lowest BCUT2D eigenvalue weighted by Crippen LogP contribution is -2.36. The number of benzene rings is 1. The van der Waals surface area contributed by atoms with Gasteiger partial charge in [-0.3, -0.25) is 4.90 Å². The number of halogens is 1. The quantitative estimate of drug-likeness (QED) is 0.905. The molecule has 3 unspecified atom stereocenters. The predicted molar refractivity (Wildman–Crippen MR) is 80.5 cm³/mol. The summed E-state index contributed by atoms with van der Waals surface area (Å²) in [5, 5.41) is 10.9. The van der Waals surface area contributed by atoms with E-state index in [1.165, 1.54) is 18.4 Å². The molecule has 0 aromatic heterocycles. The first kappa shape index (κ1) is 14.8. The fourth-order valence-electron chi connectivity index (χ4n) is 2.95. The van der Waals surface area contributed by atoms with Crippen LogP contribution in [0.3, 0.4) is 0 Å². The first-order valence-electron chi connectivity index (χ1n) is 7.21. The normalized spacial score (nSPS) is 25.5. The van der Waals surface area contributed by atoms with Gasteiger partial charge in [0, 0.05) is 17.6 Å². The zero-order valence-corrected chi connectivity index (χ0v) is 12.6. The molecule has 2 rings (SSSR count). The maximum absolute atomic E-state index is 10.1. The van der Waals surface area contributed by atoms with Crippen molar-refractivity contribution in [3.63, 3.8) is 0 Å². The SMILES string of the molecule is CC(c1cccc(Cl)c1)N(C)CC1CCCCC1O.